The third kappa shape index (κ3) is 7.36. The van der Waals surface area contributed by atoms with E-state index in [-0.39, 0.29) is 0 Å². The van der Waals surface area contributed by atoms with Crippen molar-refractivity contribution in [2.24, 2.45) is 0 Å². The fraction of sp³-hybridized carbons (Fsp3) is 0.929. The summed E-state index contributed by atoms with van der Waals surface area (Å²) in [6.45, 7) is 13.8. The van der Waals surface area contributed by atoms with Crippen LogP contribution in [0.4, 0.5) is 0 Å². The largest absolute Gasteiger partial charge is 0.304 e. The molecule has 0 amide bonds. The van der Waals surface area contributed by atoms with E-state index in [0.717, 1.165) is 26.1 Å². The summed E-state index contributed by atoms with van der Waals surface area (Å²) in [7, 11) is 0. The minimum Gasteiger partial charge on any atom is -0.304 e. The molecule has 17 heavy (non-hydrogen) atoms. The lowest BCUT2D eigenvalue weighted by molar-refractivity contribution is 0.247. The van der Waals surface area contributed by atoms with Crippen LogP contribution in [0.1, 0.15) is 53.9 Å². The van der Waals surface area contributed by atoms with Gasteiger partial charge in [-0.2, -0.15) is 5.26 Å². The molecule has 0 fully saturated rings. The maximum atomic E-state index is 9.26. The average Bonchev–Trinajstić information content (AvgIpc) is 2.28. The van der Waals surface area contributed by atoms with E-state index in [9.17, 15) is 5.26 Å². The molecule has 0 saturated heterocycles. The van der Waals surface area contributed by atoms with Crippen LogP contribution >= 0.6 is 0 Å². The van der Waals surface area contributed by atoms with E-state index in [1.807, 2.05) is 6.92 Å². The fourth-order valence-corrected chi connectivity index (χ4v) is 1.99. The molecule has 1 atom stereocenters. The molecule has 0 spiro atoms. The molecular weight excluding hydrogens is 210 g/mol. The molecular formula is C14H29N3. The summed E-state index contributed by atoms with van der Waals surface area (Å²) in [5.74, 6) is 0. The van der Waals surface area contributed by atoms with Crippen molar-refractivity contribution in [3.8, 4) is 6.07 Å². The zero-order chi connectivity index (χ0) is 13.3. The van der Waals surface area contributed by atoms with Gasteiger partial charge in [0.2, 0.25) is 0 Å². The van der Waals surface area contributed by atoms with Crippen molar-refractivity contribution in [3.05, 3.63) is 0 Å². The Labute approximate surface area is 107 Å². The summed E-state index contributed by atoms with van der Waals surface area (Å²) in [4.78, 5) is 2.43. The second-order valence-electron chi connectivity index (χ2n) is 5.28. The first-order valence-electron chi connectivity index (χ1n) is 6.88. The van der Waals surface area contributed by atoms with Gasteiger partial charge in [-0.05, 0) is 46.7 Å². The molecule has 0 aromatic carbocycles. The standard InChI is InChI=1S/C14H29N3/c1-6-8-10-17(7-2)11-9-14(5,12-15)16-13(3)4/h13,16H,6-11H2,1-5H3. The third-order valence-corrected chi connectivity index (χ3v) is 3.06. The van der Waals surface area contributed by atoms with Crippen molar-refractivity contribution in [3.63, 3.8) is 0 Å². The molecule has 0 bridgehead atoms. The summed E-state index contributed by atoms with van der Waals surface area (Å²) in [5, 5.41) is 12.6. The Morgan fingerprint density at radius 2 is 1.94 bits per heavy atom. The van der Waals surface area contributed by atoms with E-state index in [4.69, 9.17) is 0 Å². The molecule has 100 valence electrons. The van der Waals surface area contributed by atoms with Crippen molar-refractivity contribution in [2.45, 2.75) is 65.5 Å². The van der Waals surface area contributed by atoms with Crippen molar-refractivity contribution < 1.29 is 0 Å². The Balaban J connectivity index is 4.15. The number of nitriles is 1. The van der Waals surface area contributed by atoms with Crippen molar-refractivity contribution >= 4 is 0 Å². The van der Waals surface area contributed by atoms with Crippen LogP contribution in [-0.2, 0) is 0 Å². The summed E-state index contributed by atoms with van der Waals surface area (Å²) in [6.07, 6.45) is 3.37. The molecule has 1 N–H and O–H groups in total. The van der Waals surface area contributed by atoms with E-state index >= 15 is 0 Å². The number of hydrogen-bond acceptors (Lipinski definition) is 3. The van der Waals surface area contributed by atoms with Gasteiger partial charge in [-0.3, -0.25) is 5.32 Å². The van der Waals surface area contributed by atoms with E-state index in [1.165, 1.54) is 12.8 Å². The molecule has 0 aliphatic heterocycles. The highest BCUT2D eigenvalue weighted by Crippen LogP contribution is 2.11. The maximum Gasteiger partial charge on any atom is 0.105 e. The van der Waals surface area contributed by atoms with Gasteiger partial charge in [-0.15, -0.1) is 0 Å². The summed E-state index contributed by atoms with van der Waals surface area (Å²) in [6, 6.07) is 2.76. The second kappa shape index (κ2) is 8.49. The van der Waals surface area contributed by atoms with Gasteiger partial charge in [0.25, 0.3) is 0 Å². The quantitative estimate of drug-likeness (QED) is 0.672. The highest BCUT2D eigenvalue weighted by molar-refractivity contribution is 5.04. The van der Waals surface area contributed by atoms with Crippen molar-refractivity contribution in [1.82, 2.24) is 10.2 Å². The predicted molar refractivity (Wildman–Crippen MR) is 73.9 cm³/mol. The van der Waals surface area contributed by atoms with Crippen LogP contribution in [0, 0.1) is 11.3 Å². The van der Waals surface area contributed by atoms with Gasteiger partial charge in [0.05, 0.1) is 6.07 Å². The Morgan fingerprint density at radius 1 is 1.29 bits per heavy atom. The molecule has 0 aliphatic rings. The van der Waals surface area contributed by atoms with E-state index in [0.29, 0.717) is 6.04 Å². The van der Waals surface area contributed by atoms with E-state index in [2.05, 4.69) is 44.0 Å². The lowest BCUT2D eigenvalue weighted by atomic mass is 9.98. The Kier molecular flexibility index (Phi) is 8.20. The molecule has 3 nitrogen and oxygen atoms in total. The Hall–Kier alpha value is -0.590. The van der Waals surface area contributed by atoms with E-state index in [1.54, 1.807) is 0 Å². The van der Waals surface area contributed by atoms with Crippen LogP contribution in [-0.4, -0.2) is 36.1 Å². The molecule has 3 heteroatoms. The monoisotopic (exact) mass is 239 g/mol. The molecule has 0 saturated carbocycles. The van der Waals surface area contributed by atoms with Crippen LogP contribution in [0.3, 0.4) is 0 Å². The zero-order valence-corrected chi connectivity index (χ0v) is 12.2. The molecule has 0 rings (SSSR count). The highest BCUT2D eigenvalue weighted by atomic mass is 15.1. The topological polar surface area (TPSA) is 39.1 Å². The first-order valence-corrected chi connectivity index (χ1v) is 6.88. The summed E-state index contributed by atoms with van der Waals surface area (Å²) >= 11 is 0. The van der Waals surface area contributed by atoms with Gasteiger partial charge in [0.15, 0.2) is 0 Å². The van der Waals surface area contributed by atoms with Crippen LogP contribution in [0.2, 0.25) is 0 Å². The zero-order valence-electron chi connectivity index (χ0n) is 12.2. The lowest BCUT2D eigenvalue weighted by Crippen LogP contribution is -2.47. The first-order chi connectivity index (χ1) is 7.97. The number of unbranched alkanes of at least 4 members (excludes halogenated alkanes) is 1. The highest BCUT2D eigenvalue weighted by Gasteiger charge is 2.24. The molecule has 1 unspecified atom stereocenters. The van der Waals surface area contributed by atoms with Crippen molar-refractivity contribution in [1.29, 1.82) is 5.26 Å². The van der Waals surface area contributed by atoms with Crippen LogP contribution in [0.15, 0.2) is 0 Å². The number of rotatable bonds is 9. The Morgan fingerprint density at radius 3 is 2.35 bits per heavy atom. The Bertz CT molecular complexity index is 232. The van der Waals surface area contributed by atoms with Gasteiger partial charge in [0, 0.05) is 12.6 Å². The molecule has 0 heterocycles. The molecule has 0 aromatic rings. The number of nitrogens with one attached hydrogen (secondary N) is 1. The molecule has 0 aromatic heterocycles. The minimum atomic E-state index is -0.395. The minimum absolute atomic E-state index is 0.352. The van der Waals surface area contributed by atoms with Crippen LogP contribution in [0.5, 0.6) is 0 Å². The SMILES string of the molecule is CCCCN(CC)CCC(C)(C#N)NC(C)C. The fourth-order valence-electron chi connectivity index (χ4n) is 1.99. The van der Waals surface area contributed by atoms with Crippen LogP contribution in [0.25, 0.3) is 0 Å². The van der Waals surface area contributed by atoms with Crippen molar-refractivity contribution in [2.75, 3.05) is 19.6 Å². The number of nitrogens with zero attached hydrogens (tertiary/aromatic N) is 2. The molecule has 0 radical (unpaired) electrons. The predicted octanol–water partition coefficient (Wildman–Crippen LogP) is 2.78. The maximum absolute atomic E-state index is 9.26. The van der Waals surface area contributed by atoms with Gasteiger partial charge in [-0.25, -0.2) is 0 Å². The average molecular weight is 239 g/mol. The number of hydrogen-bond donors (Lipinski definition) is 1. The third-order valence-electron chi connectivity index (χ3n) is 3.06. The van der Waals surface area contributed by atoms with E-state index < -0.39 is 5.54 Å². The van der Waals surface area contributed by atoms with Gasteiger partial charge in [0.1, 0.15) is 5.54 Å². The van der Waals surface area contributed by atoms with Gasteiger partial charge in [-0.1, -0.05) is 20.3 Å². The lowest BCUT2D eigenvalue weighted by Gasteiger charge is -2.29. The second-order valence-corrected chi connectivity index (χ2v) is 5.28. The first kappa shape index (κ1) is 16.4. The van der Waals surface area contributed by atoms with Gasteiger partial charge >= 0.3 is 0 Å². The molecule has 0 aliphatic carbocycles. The van der Waals surface area contributed by atoms with Gasteiger partial charge < -0.3 is 4.90 Å². The summed E-state index contributed by atoms with van der Waals surface area (Å²) < 4.78 is 0. The summed E-state index contributed by atoms with van der Waals surface area (Å²) in [5.41, 5.74) is -0.395. The van der Waals surface area contributed by atoms with Crippen LogP contribution < -0.4 is 5.32 Å². The normalized spacial score (nSPS) is 14.9. The smallest absolute Gasteiger partial charge is 0.105 e.